The molecule has 1 amide bonds. The van der Waals surface area contributed by atoms with Gasteiger partial charge in [-0.1, -0.05) is 12.1 Å². The van der Waals surface area contributed by atoms with Crippen molar-refractivity contribution in [2.45, 2.75) is 45.8 Å². The normalized spacial score (nSPS) is 18.8. The molecule has 1 fully saturated rings. The van der Waals surface area contributed by atoms with Gasteiger partial charge in [0.1, 0.15) is 5.82 Å². The lowest BCUT2D eigenvalue weighted by Gasteiger charge is -2.19. The fourth-order valence-corrected chi connectivity index (χ4v) is 4.56. The summed E-state index contributed by atoms with van der Waals surface area (Å²) in [5.74, 6) is -0.262. The highest BCUT2D eigenvalue weighted by atomic mass is 19.1. The molecule has 1 atom stereocenters. The summed E-state index contributed by atoms with van der Waals surface area (Å²) in [7, 11) is 1.65. The second-order valence-corrected chi connectivity index (χ2v) is 8.64. The summed E-state index contributed by atoms with van der Waals surface area (Å²) in [5.41, 5.74) is 12.7. The zero-order valence-corrected chi connectivity index (χ0v) is 19.0. The third-order valence-electron chi connectivity index (χ3n) is 6.63. The standard InChI is InChI=1S/C26H30FN3O2/c1-16-17(2)23-15-30(14-21-5-4-10-32-21)26(31)22(23)12-20(16)11-18-6-7-19(13-24(18)27)25(28)8-9-29-3/h6-9,12-13,21H,4-5,10-11,14-15,28H2,1-3H3. The molecule has 2 aliphatic rings. The highest BCUT2D eigenvalue weighted by Crippen LogP contribution is 2.32. The lowest BCUT2D eigenvalue weighted by Crippen LogP contribution is -2.32. The molecule has 4 rings (SSSR count). The van der Waals surface area contributed by atoms with Crippen LogP contribution >= 0.6 is 0 Å². The van der Waals surface area contributed by atoms with Crippen molar-refractivity contribution in [3.05, 3.63) is 75.1 Å². The number of rotatable bonds is 6. The maximum Gasteiger partial charge on any atom is 0.254 e. The van der Waals surface area contributed by atoms with Gasteiger partial charge in [-0.25, -0.2) is 4.39 Å². The van der Waals surface area contributed by atoms with Crippen LogP contribution in [0.3, 0.4) is 0 Å². The smallest absolute Gasteiger partial charge is 0.254 e. The largest absolute Gasteiger partial charge is 0.398 e. The number of aliphatic imine (C=N–C) groups is 1. The van der Waals surface area contributed by atoms with Crippen molar-refractivity contribution in [1.29, 1.82) is 0 Å². The maximum absolute atomic E-state index is 14.9. The SMILES string of the molecule is CN=CC=C(N)c1ccc(Cc2cc3c(c(C)c2C)CN(CC2CCCO2)C3=O)c(F)c1. The molecule has 2 aromatic carbocycles. The van der Waals surface area contributed by atoms with Gasteiger partial charge in [0, 0.05) is 56.2 Å². The van der Waals surface area contributed by atoms with Crippen LogP contribution in [0, 0.1) is 19.7 Å². The van der Waals surface area contributed by atoms with Gasteiger partial charge in [-0.15, -0.1) is 0 Å². The number of benzene rings is 2. The Morgan fingerprint density at radius 2 is 2.09 bits per heavy atom. The molecule has 6 heteroatoms. The first-order chi connectivity index (χ1) is 15.4. The number of nitrogens with two attached hydrogens (primary N) is 1. The molecule has 0 bridgehead atoms. The van der Waals surface area contributed by atoms with Crippen LogP contribution in [0.5, 0.6) is 0 Å². The third-order valence-corrected chi connectivity index (χ3v) is 6.63. The van der Waals surface area contributed by atoms with E-state index in [4.69, 9.17) is 10.5 Å². The second kappa shape index (κ2) is 9.25. The lowest BCUT2D eigenvalue weighted by molar-refractivity contribution is 0.0545. The van der Waals surface area contributed by atoms with Crippen LogP contribution in [-0.2, 0) is 17.7 Å². The van der Waals surface area contributed by atoms with Crippen molar-refractivity contribution < 1.29 is 13.9 Å². The highest BCUT2D eigenvalue weighted by molar-refractivity contribution is 5.99. The zero-order valence-electron chi connectivity index (χ0n) is 19.0. The minimum absolute atomic E-state index is 0.0474. The molecule has 1 saturated heterocycles. The average Bonchev–Trinajstić information content (AvgIpc) is 3.40. The van der Waals surface area contributed by atoms with Crippen LogP contribution in [-0.4, -0.2) is 43.3 Å². The Bertz CT molecular complexity index is 1100. The van der Waals surface area contributed by atoms with Crippen molar-refractivity contribution >= 4 is 17.8 Å². The summed E-state index contributed by atoms with van der Waals surface area (Å²) in [6.45, 7) is 6.14. The Balaban J connectivity index is 1.58. The molecule has 1 unspecified atom stereocenters. The molecular weight excluding hydrogens is 405 g/mol. The van der Waals surface area contributed by atoms with Crippen LogP contribution < -0.4 is 5.73 Å². The lowest BCUT2D eigenvalue weighted by atomic mass is 9.91. The van der Waals surface area contributed by atoms with E-state index in [9.17, 15) is 9.18 Å². The van der Waals surface area contributed by atoms with Crippen molar-refractivity contribution in [1.82, 2.24) is 4.90 Å². The van der Waals surface area contributed by atoms with Gasteiger partial charge in [-0.2, -0.15) is 0 Å². The topological polar surface area (TPSA) is 67.9 Å². The first kappa shape index (κ1) is 22.2. The zero-order chi connectivity index (χ0) is 22.8. The molecule has 0 aromatic heterocycles. The van der Waals surface area contributed by atoms with Gasteiger partial charge in [0.2, 0.25) is 0 Å². The molecule has 0 saturated carbocycles. The van der Waals surface area contributed by atoms with Gasteiger partial charge in [0.05, 0.1) is 6.10 Å². The van der Waals surface area contributed by atoms with Crippen molar-refractivity contribution in [3.8, 4) is 0 Å². The Kier molecular flexibility index (Phi) is 6.42. The van der Waals surface area contributed by atoms with Gasteiger partial charge in [0.15, 0.2) is 0 Å². The Hall–Kier alpha value is -2.99. The van der Waals surface area contributed by atoms with E-state index in [1.54, 1.807) is 25.4 Å². The predicted molar refractivity (Wildman–Crippen MR) is 125 cm³/mol. The fourth-order valence-electron chi connectivity index (χ4n) is 4.56. The van der Waals surface area contributed by atoms with Crippen molar-refractivity contribution in [3.63, 3.8) is 0 Å². The Labute approximate surface area is 188 Å². The van der Waals surface area contributed by atoms with E-state index in [0.29, 0.717) is 36.3 Å². The number of hydrogen-bond acceptors (Lipinski definition) is 4. The summed E-state index contributed by atoms with van der Waals surface area (Å²) in [4.78, 5) is 18.9. The molecule has 2 aliphatic heterocycles. The van der Waals surface area contributed by atoms with Crippen LogP contribution in [0.1, 0.15) is 56.6 Å². The molecular formula is C26H30FN3O2. The number of ether oxygens (including phenoxy) is 1. The quantitative estimate of drug-likeness (QED) is 0.693. The first-order valence-corrected chi connectivity index (χ1v) is 11.1. The maximum atomic E-state index is 14.9. The molecule has 0 radical (unpaired) electrons. The van der Waals surface area contributed by atoms with Crippen LogP contribution in [0.15, 0.2) is 35.3 Å². The number of hydrogen-bond donors (Lipinski definition) is 1. The van der Waals surface area contributed by atoms with Gasteiger partial charge in [0.25, 0.3) is 5.91 Å². The number of halogens is 1. The molecule has 32 heavy (non-hydrogen) atoms. The van der Waals surface area contributed by atoms with Gasteiger partial charge < -0.3 is 15.4 Å². The molecule has 0 aliphatic carbocycles. The summed E-state index contributed by atoms with van der Waals surface area (Å²) in [6.07, 6.45) is 5.84. The second-order valence-electron chi connectivity index (χ2n) is 8.64. The van der Waals surface area contributed by atoms with E-state index in [1.807, 2.05) is 17.0 Å². The van der Waals surface area contributed by atoms with Crippen LogP contribution in [0.2, 0.25) is 0 Å². The molecule has 2 heterocycles. The number of carbonyl (C=O) groups is 1. The van der Waals surface area contributed by atoms with Gasteiger partial charge in [-0.3, -0.25) is 9.79 Å². The van der Waals surface area contributed by atoms with Crippen molar-refractivity contribution in [2.24, 2.45) is 10.7 Å². The van der Waals surface area contributed by atoms with Crippen LogP contribution in [0.4, 0.5) is 4.39 Å². The third kappa shape index (κ3) is 4.32. The van der Waals surface area contributed by atoms with E-state index in [1.165, 1.54) is 6.07 Å². The molecule has 168 valence electrons. The minimum Gasteiger partial charge on any atom is -0.398 e. The number of allylic oxidation sites excluding steroid dienone is 1. The molecule has 2 N–H and O–H groups in total. The monoisotopic (exact) mass is 435 g/mol. The van der Waals surface area contributed by atoms with E-state index < -0.39 is 0 Å². The summed E-state index contributed by atoms with van der Waals surface area (Å²) in [6, 6.07) is 6.99. The Morgan fingerprint density at radius 3 is 2.78 bits per heavy atom. The molecule has 5 nitrogen and oxygen atoms in total. The number of amides is 1. The number of nitrogens with zero attached hydrogens (tertiary/aromatic N) is 2. The molecule has 0 spiro atoms. The van der Waals surface area contributed by atoms with E-state index in [2.05, 4.69) is 18.8 Å². The van der Waals surface area contributed by atoms with E-state index >= 15 is 0 Å². The summed E-state index contributed by atoms with van der Waals surface area (Å²) < 4.78 is 20.6. The number of fused-ring (bicyclic) bond motifs is 1. The molecule has 2 aromatic rings. The number of carbonyl (C=O) groups excluding carboxylic acids is 1. The fraction of sp³-hybridized carbons (Fsp3) is 0.385. The van der Waals surface area contributed by atoms with Crippen molar-refractivity contribution in [2.75, 3.05) is 20.2 Å². The summed E-state index contributed by atoms with van der Waals surface area (Å²) >= 11 is 0. The predicted octanol–water partition coefficient (Wildman–Crippen LogP) is 4.17. The minimum atomic E-state index is -0.309. The van der Waals surface area contributed by atoms with Gasteiger partial charge >= 0.3 is 0 Å². The van der Waals surface area contributed by atoms with E-state index in [0.717, 1.165) is 47.3 Å². The summed E-state index contributed by atoms with van der Waals surface area (Å²) in [5, 5.41) is 0. The van der Waals surface area contributed by atoms with E-state index in [-0.39, 0.29) is 17.8 Å². The average molecular weight is 436 g/mol. The first-order valence-electron chi connectivity index (χ1n) is 11.1. The van der Waals surface area contributed by atoms with Crippen LogP contribution in [0.25, 0.3) is 5.70 Å². The Morgan fingerprint density at radius 1 is 1.28 bits per heavy atom. The highest BCUT2D eigenvalue weighted by Gasteiger charge is 2.32. The van der Waals surface area contributed by atoms with Gasteiger partial charge in [-0.05, 0) is 72.7 Å².